The molecule has 5 nitrogen and oxygen atoms in total. The van der Waals surface area contributed by atoms with Crippen molar-refractivity contribution in [3.8, 4) is 0 Å². The Bertz CT molecular complexity index is 667. The zero-order valence-electron chi connectivity index (χ0n) is 14.8. The first kappa shape index (κ1) is 16.6. The molecule has 1 aliphatic heterocycles. The molecule has 5 heteroatoms. The highest BCUT2D eigenvalue weighted by Crippen LogP contribution is 2.28. The van der Waals surface area contributed by atoms with E-state index in [1.165, 1.54) is 30.5 Å². The van der Waals surface area contributed by atoms with E-state index in [0.29, 0.717) is 32.0 Å². The van der Waals surface area contributed by atoms with E-state index < -0.39 is 0 Å². The Hall–Kier alpha value is -1.91. The van der Waals surface area contributed by atoms with Gasteiger partial charge in [-0.25, -0.2) is 0 Å². The molecular formula is C20H27N3O2. The summed E-state index contributed by atoms with van der Waals surface area (Å²) in [7, 11) is 0. The number of amides is 2. The van der Waals surface area contributed by atoms with Crippen LogP contribution in [0.15, 0.2) is 12.3 Å². The van der Waals surface area contributed by atoms with Gasteiger partial charge in [-0.15, -0.1) is 0 Å². The van der Waals surface area contributed by atoms with E-state index in [9.17, 15) is 9.59 Å². The molecule has 25 heavy (non-hydrogen) atoms. The van der Waals surface area contributed by atoms with E-state index in [4.69, 9.17) is 0 Å². The van der Waals surface area contributed by atoms with E-state index in [0.717, 1.165) is 31.2 Å². The molecule has 0 spiro atoms. The van der Waals surface area contributed by atoms with Crippen LogP contribution in [-0.4, -0.2) is 34.3 Å². The lowest BCUT2D eigenvalue weighted by atomic mass is 9.94. The van der Waals surface area contributed by atoms with Crippen LogP contribution in [0.4, 0.5) is 0 Å². The molecule has 1 aromatic rings. The van der Waals surface area contributed by atoms with Gasteiger partial charge < -0.3 is 10.2 Å². The first-order valence-corrected chi connectivity index (χ1v) is 9.74. The standard InChI is InChI=1S/C20H27N3O2/c24-19-9-8-16(13-23(19)17-5-1-2-6-17)20(25)22-12-14-10-15-4-3-7-18(15)21-11-14/h10-11,16-17H,1-9,12-13H2,(H,22,25)/t16-/m0/s1. The number of likely N-dealkylation sites (tertiary alicyclic amines) is 1. The van der Waals surface area contributed by atoms with E-state index in [-0.39, 0.29) is 17.7 Å². The molecule has 3 aliphatic rings. The maximum absolute atomic E-state index is 12.6. The highest BCUT2D eigenvalue weighted by atomic mass is 16.2. The number of carbonyl (C=O) groups excluding carboxylic acids is 2. The van der Waals surface area contributed by atoms with Crippen LogP contribution in [0.25, 0.3) is 0 Å². The summed E-state index contributed by atoms with van der Waals surface area (Å²) >= 11 is 0. The van der Waals surface area contributed by atoms with Crippen molar-refractivity contribution < 1.29 is 9.59 Å². The highest BCUT2D eigenvalue weighted by molar-refractivity contribution is 5.84. The quantitative estimate of drug-likeness (QED) is 0.914. The Balaban J connectivity index is 1.33. The number of nitrogens with zero attached hydrogens (tertiary/aromatic N) is 2. The fourth-order valence-corrected chi connectivity index (χ4v) is 4.56. The lowest BCUT2D eigenvalue weighted by Crippen LogP contribution is -2.49. The summed E-state index contributed by atoms with van der Waals surface area (Å²) in [5, 5.41) is 3.07. The zero-order valence-corrected chi connectivity index (χ0v) is 14.8. The maximum atomic E-state index is 12.6. The molecule has 0 bridgehead atoms. The van der Waals surface area contributed by atoms with Crippen LogP contribution in [0.2, 0.25) is 0 Å². The van der Waals surface area contributed by atoms with Gasteiger partial charge in [-0.3, -0.25) is 14.6 Å². The van der Waals surface area contributed by atoms with Crippen LogP contribution in [-0.2, 0) is 29.0 Å². The van der Waals surface area contributed by atoms with Crippen molar-refractivity contribution >= 4 is 11.8 Å². The largest absolute Gasteiger partial charge is 0.352 e. The summed E-state index contributed by atoms with van der Waals surface area (Å²) in [6.07, 6.45) is 11.0. The number of piperidine rings is 1. The number of carbonyl (C=O) groups is 2. The number of hydrogen-bond acceptors (Lipinski definition) is 3. The van der Waals surface area contributed by atoms with Crippen LogP contribution in [0.5, 0.6) is 0 Å². The van der Waals surface area contributed by atoms with Crippen molar-refractivity contribution in [2.75, 3.05) is 6.54 Å². The van der Waals surface area contributed by atoms with Gasteiger partial charge in [0.15, 0.2) is 0 Å². The lowest BCUT2D eigenvalue weighted by molar-refractivity contribution is -0.140. The minimum atomic E-state index is -0.0688. The second kappa shape index (κ2) is 7.14. The minimum Gasteiger partial charge on any atom is -0.352 e. The summed E-state index contributed by atoms with van der Waals surface area (Å²) in [6, 6.07) is 2.55. The van der Waals surface area contributed by atoms with E-state index >= 15 is 0 Å². The van der Waals surface area contributed by atoms with E-state index in [2.05, 4.69) is 16.4 Å². The molecular weight excluding hydrogens is 314 g/mol. The number of rotatable bonds is 4. The zero-order chi connectivity index (χ0) is 17.2. The van der Waals surface area contributed by atoms with Crippen LogP contribution in [0.3, 0.4) is 0 Å². The number of nitrogens with one attached hydrogen (secondary N) is 1. The summed E-state index contributed by atoms with van der Waals surface area (Å²) in [5.74, 6) is 0.246. The number of hydrogen-bond donors (Lipinski definition) is 1. The molecule has 1 atom stereocenters. The molecule has 2 heterocycles. The molecule has 2 amide bonds. The van der Waals surface area contributed by atoms with Crippen molar-refractivity contribution in [1.29, 1.82) is 0 Å². The van der Waals surface area contributed by atoms with Gasteiger partial charge in [0.2, 0.25) is 11.8 Å². The van der Waals surface area contributed by atoms with Gasteiger partial charge in [-0.2, -0.15) is 0 Å². The molecule has 1 N–H and O–H groups in total. The third-order valence-electron chi connectivity index (χ3n) is 6.02. The maximum Gasteiger partial charge on any atom is 0.225 e. The van der Waals surface area contributed by atoms with E-state index in [1.807, 2.05) is 11.1 Å². The number of aromatic nitrogens is 1. The van der Waals surface area contributed by atoms with Crippen molar-refractivity contribution in [2.24, 2.45) is 5.92 Å². The van der Waals surface area contributed by atoms with E-state index in [1.54, 1.807) is 0 Å². The first-order valence-electron chi connectivity index (χ1n) is 9.74. The Morgan fingerprint density at radius 3 is 2.84 bits per heavy atom. The molecule has 1 saturated heterocycles. The molecule has 1 saturated carbocycles. The molecule has 0 radical (unpaired) electrons. The van der Waals surface area contributed by atoms with Gasteiger partial charge in [0.25, 0.3) is 0 Å². The predicted molar refractivity (Wildman–Crippen MR) is 94.8 cm³/mol. The fraction of sp³-hybridized carbons (Fsp3) is 0.650. The third kappa shape index (κ3) is 3.55. The van der Waals surface area contributed by atoms with Gasteiger partial charge in [-0.1, -0.05) is 18.9 Å². The van der Waals surface area contributed by atoms with Crippen LogP contribution in [0.1, 0.15) is 61.8 Å². The molecule has 1 aromatic heterocycles. The first-order chi connectivity index (χ1) is 12.2. The van der Waals surface area contributed by atoms with Crippen LogP contribution >= 0.6 is 0 Å². The van der Waals surface area contributed by atoms with Gasteiger partial charge in [0, 0.05) is 37.4 Å². The van der Waals surface area contributed by atoms with Crippen molar-refractivity contribution in [3.05, 3.63) is 29.1 Å². The van der Waals surface area contributed by atoms with Crippen molar-refractivity contribution in [3.63, 3.8) is 0 Å². The molecule has 2 aliphatic carbocycles. The summed E-state index contributed by atoms with van der Waals surface area (Å²) in [5.41, 5.74) is 3.63. The van der Waals surface area contributed by atoms with Gasteiger partial charge in [0.05, 0.1) is 5.92 Å². The lowest BCUT2D eigenvalue weighted by Gasteiger charge is -2.36. The summed E-state index contributed by atoms with van der Waals surface area (Å²) < 4.78 is 0. The molecule has 4 rings (SSSR count). The highest BCUT2D eigenvalue weighted by Gasteiger charge is 2.35. The second-order valence-electron chi connectivity index (χ2n) is 7.74. The fourth-order valence-electron chi connectivity index (χ4n) is 4.56. The van der Waals surface area contributed by atoms with Gasteiger partial charge in [0.1, 0.15) is 0 Å². The smallest absolute Gasteiger partial charge is 0.225 e. The van der Waals surface area contributed by atoms with Crippen LogP contribution in [0, 0.1) is 5.92 Å². The SMILES string of the molecule is O=C(NCc1cnc2c(c1)CCC2)[C@H]1CCC(=O)N(C2CCCC2)C1. The Morgan fingerprint density at radius 1 is 1.16 bits per heavy atom. The average Bonchev–Trinajstić information content (AvgIpc) is 3.31. The molecule has 2 fully saturated rings. The molecule has 0 unspecified atom stereocenters. The second-order valence-corrected chi connectivity index (χ2v) is 7.74. The van der Waals surface area contributed by atoms with Crippen molar-refractivity contribution in [2.45, 2.75) is 70.4 Å². The summed E-state index contributed by atoms with van der Waals surface area (Å²) in [4.78, 5) is 31.3. The van der Waals surface area contributed by atoms with Gasteiger partial charge >= 0.3 is 0 Å². The third-order valence-corrected chi connectivity index (χ3v) is 6.02. The Kier molecular flexibility index (Phi) is 4.73. The van der Waals surface area contributed by atoms with Crippen LogP contribution < -0.4 is 5.32 Å². The number of aryl methyl sites for hydroxylation is 2. The molecule has 0 aromatic carbocycles. The summed E-state index contributed by atoms with van der Waals surface area (Å²) in [6.45, 7) is 1.13. The predicted octanol–water partition coefficient (Wildman–Crippen LogP) is 2.37. The average molecular weight is 341 g/mol. The number of pyridine rings is 1. The van der Waals surface area contributed by atoms with Crippen molar-refractivity contribution in [1.82, 2.24) is 15.2 Å². The number of fused-ring (bicyclic) bond motifs is 1. The Morgan fingerprint density at radius 2 is 2.00 bits per heavy atom. The topological polar surface area (TPSA) is 62.3 Å². The molecule has 134 valence electrons. The minimum absolute atomic E-state index is 0.0688. The monoisotopic (exact) mass is 341 g/mol. The van der Waals surface area contributed by atoms with Gasteiger partial charge in [-0.05, 0) is 49.7 Å². The Labute approximate surface area is 149 Å². The normalized spacial score (nSPS) is 23.8.